The molecule has 0 unspecified atom stereocenters. The van der Waals surface area contributed by atoms with Crippen LogP contribution in [0.5, 0.6) is 0 Å². The Kier molecular flexibility index (Phi) is 5.20. The molecule has 108 valence electrons. The first-order valence-corrected chi connectivity index (χ1v) is 6.90. The van der Waals surface area contributed by atoms with E-state index in [-0.39, 0.29) is 23.0 Å². The third kappa shape index (κ3) is 4.48. The SMILES string of the molecule is O=C(CNC(=O)c1ccc(Cl)cc1Cl)Nc1ccccc1. The molecule has 2 aromatic rings. The largest absolute Gasteiger partial charge is 0.343 e. The number of nitrogens with one attached hydrogen (secondary N) is 2. The highest BCUT2D eigenvalue weighted by Gasteiger charge is 2.12. The van der Waals surface area contributed by atoms with Gasteiger partial charge in [-0.25, -0.2) is 0 Å². The normalized spacial score (nSPS) is 10.0. The zero-order chi connectivity index (χ0) is 15.2. The van der Waals surface area contributed by atoms with Gasteiger partial charge in [0.2, 0.25) is 5.91 Å². The molecule has 0 aromatic heterocycles. The lowest BCUT2D eigenvalue weighted by molar-refractivity contribution is -0.115. The molecule has 2 rings (SSSR count). The van der Waals surface area contributed by atoms with Gasteiger partial charge in [-0.15, -0.1) is 0 Å². The summed E-state index contributed by atoms with van der Waals surface area (Å²) in [6.45, 7) is -0.146. The standard InChI is InChI=1S/C15H12Cl2N2O2/c16-10-6-7-12(13(17)8-10)15(21)18-9-14(20)19-11-4-2-1-3-5-11/h1-8H,9H2,(H,18,21)(H,19,20). The molecule has 0 atom stereocenters. The molecule has 21 heavy (non-hydrogen) atoms. The van der Waals surface area contributed by atoms with E-state index >= 15 is 0 Å². The van der Waals surface area contributed by atoms with E-state index in [0.717, 1.165) is 0 Å². The van der Waals surface area contributed by atoms with Crippen LogP contribution in [0.15, 0.2) is 48.5 Å². The molecule has 0 aliphatic carbocycles. The van der Waals surface area contributed by atoms with Crippen LogP contribution in [-0.4, -0.2) is 18.4 Å². The molecule has 6 heteroatoms. The predicted octanol–water partition coefficient (Wildman–Crippen LogP) is 3.36. The van der Waals surface area contributed by atoms with Crippen molar-refractivity contribution in [3.63, 3.8) is 0 Å². The number of benzene rings is 2. The van der Waals surface area contributed by atoms with Crippen LogP contribution in [-0.2, 0) is 4.79 Å². The van der Waals surface area contributed by atoms with E-state index in [1.165, 1.54) is 12.1 Å². The Bertz CT molecular complexity index is 660. The summed E-state index contributed by atoms with van der Waals surface area (Å²) in [4.78, 5) is 23.6. The van der Waals surface area contributed by atoms with E-state index in [1.807, 2.05) is 18.2 Å². The molecule has 0 saturated carbocycles. The predicted molar refractivity (Wildman–Crippen MR) is 83.9 cm³/mol. The summed E-state index contributed by atoms with van der Waals surface area (Å²) >= 11 is 11.7. The number of hydrogen-bond donors (Lipinski definition) is 2. The van der Waals surface area contributed by atoms with Gasteiger partial charge in [-0.05, 0) is 30.3 Å². The molecule has 2 N–H and O–H groups in total. The molecular formula is C15H12Cl2N2O2. The van der Waals surface area contributed by atoms with E-state index in [2.05, 4.69) is 10.6 Å². The molecule has 0 spiro atoms. The maximum atomic E-state index is 11.9. The quantitative estimate of drug-likeness (QED) is 0.906. The zero-order valence-corrected chi connectivity index (χ0v) is 12.4. The van der Waals surface area contributed by atoms with Crippen molar-refractivity contribution in [3.05, 3.63) is 64.1 Å². The van der Waals surface area contributed by atoms with E-state index in [4.69, 9.17) is 23.2 Å². The van der Waals surface area contributed by atoms with Crippen molar-refractivity contribution >= 4 is 40.7 Å². The van der Waals surface area contributed by atoms with E-state index in [1.54, 1.807) is 18.2 Å². The zero-order valence-electron chi connectivity index (χ0n) is 10.9. The minimum atomic E-state index is -0.431. The topological polar surface area (TPSA) is 58.2 Å². The van der Waals surface area contributed by atoms with Crippen molar-refractivity contribution in [2.45, 2.75) is 0 Å². The summed E-state index contributed by atoms with van der Waals surface area (Å²) in [6, 6.07) is 13.5. The second kappa shape index (κ2) is 7.11. The van der Waals surface area contributed by atoms with Crippen molar-refractivity contribution in [3.8, 4) is 0 Å². The lowest BCUT2D eigenvalue weighted by atomic mass is 10.2. The van der Waals surface area contributed by atoms with Crippen LogP contribution in [0.4, 0.5) is 5.69 Å². The van der Waals surface area contributed by atoms with Gasteiger partial charge in [0.25, 0.3) is 5.91 Å². The number of carbonyl (C=O) groups is 2. The van der Waals surface area contributed by atoms with Gasteiger partial charge in [0.15, 0.2) is 0 Å². The molecule has 0 heterocycles. The summed E-state index contributed by atoms with van der Waals surface area (Å²) in [5, 5.41) is 5.85. The van der Waals surface area contributed by atoms with Gasteiger partial charge >= 0.3 is 0 Å². The molecule has 0 saturated heterocycles. The maximum Gasteiger partial charge on any atom is 0.253 e. The van der Waals surface area contributed by atoms with Crippen LogP contribution in [0.2, 0.25) is 10.0 Å². The summed E-state index contributed by atoms with van der Waals surface area (Å²) in [6.07, 6.45) is 0. The third-order valence-corrected chi connectivity index (χ3v) is 3.19. The highest BCUT2D eigenvalue weighted by Crippen LogP contribution is 2.20. The molecule has 2 aromatic carbocycles. The number of halogens is 2. The van der Waals surface area contributed by atoms with Crippen LogP contribution < -0.4 is 10.6 Å². The van der Waals surface area contributed by atoms with Crippen molar-refractivity contribution in [2.24, 2.45) is 0 Å². The minimum Gasteiger partial charge on any atom is -0.343 e. The molecule has 0 fully saturated rings. The van der Waals surface area contributed by atoms with Gasteiger partial charge in [0.1, 0.15) is 0 Å². The van der Waals surface area contributed by atoms with E-state index < -0.39 is 5.91 Å². The Morgan fingerprint density at radius 1 is 1.00 bits per heavy atom. The first kappa shape index (κ1) is 15.4. The van der Waals surface area contributed by atoms with E-state index in [9.17, 15) is 9.59 Å². The molecule has 0 aliphatic heterocycles. The van der Waals surface area contributed by atoms with Gasteiger partial charge in [-0.3, -0.25) is 9.59 Å². The third-order valence-electron chi connectivity index (χ3n) is 2.64. The van der Waals surface area contributed by atoms with Crippen LogP contribution in [0.25, 0.3) is 0 Å². The van der Waals surface area contributed by atoms with Crippen molar-refractivity contribution in [1.82, 2.24) is 5.32 Å². The highest BCUT2D eigenvalue weighted by molar-refractivity contribution is 6.36. The number of rotatable bonds is 4. The van der Waals surface area contributed by atoms with Gasteiger partial charge in [-0.1, -0.05) is 41.4 Å². The number of anilines is 1. The Labute approximate surface area is 132 Å². The fourth-order valence-electron chi connectivity index (χ4n) is 1.66. The fraction of sp³-hybridized carbons (Fsp3) is 0.0667. The molecule has 0 bridgehead atoms. The Morgan fingerprint density at radius 2 is 1.71 bits per heavy atom. The molecule has 4 nitrogen and oxygen atoms in total. The summed E-state index contributed by atoms with van der Waals surface area (Å²) in [5.41, 5.74) is 0.940. The molecular weight excluding hydrogens is 311 g/mol. The minimum absolute atomic E-state index is 0.146. The van der Waals surface area contributed by atoms with Crippen molar-refractivity contribution in [2.75, 3.05) is 11.9 Å². The Morgan fingerprint density at radius 3 is 2.38 bits per heavy atom. The average molecular weight is 323 g/mol. The number of para-hydroxylation sites is 1. The lowest BCUT2D eigenvalue weighted by Crippen LogP contribution is -2.33. The van der Waals surface area contributed by atoms with Gasteiger partial charge in [-0.2, -0.15) is 0 Å². The Balaban J connectivity index is 1.90. The van der Waals surface area contributed by atoms with Gasteiger partial charge in [0.05, 0.1) is 17.1 Å². The van der Waals surface area contributed by atoms with Crippen molar-refractivity contribution < 1.29 is 9.59 Å². The number of hydrogen-bond acceptors (Lipinski definition) is 2. The lowest BCUT2D eigenvalue weighted by Gasteiger charge is -2.08. The summed E-state index contributed by atoms with van der Waals surface area (Å²) < 4.78 is 0. The fourth-order valence-corrected chi connectivity index (χ4v) is 2.15. The first-order valence-electron chi connectivity index (χ1n) is 6.14. The Hall–Kier alpha value is -2.04. The van der Waals surface area contributed by atoms with Crippen LogP contribution in [0.3, 0.4) is 0 Å². The number of carbonyl (C=O) groups excluding carboxylic acids is 2. The smallest absolute Gasteiger partial charge is 0.253 e. The van der Waals surface area contributed by atoms with E-state index in [0.29, 0.717) is 10.7 Å². The monoisotopic (exact) mass is 322 g/mol. The molecule has 2 amide bonds. The number of amides is 2. The summed E-state index contributed by atoms with van der Waals surface area (Å²) in [7, 11) is 0. The first-order chi connectivity index (χ1) is 10.1. The van der Waals surface area contributed by atoms with Gasteiger partial charge in [0, 0.05) is 10.7 Å². The second-order valence-electron chi connectivity index (χ2n) is 4.22. The molecule has 0 radical (unpaired) electrons. The van der Waals surface area contributed by atoms with Crippen molar-refractivity contribution in [1.29, 1.82) is 0 Å². The van der Waals surface area contributed by atoms with Crippen LogP contribution in [0.1, 0.15) is 10.4 Å². The van der Waals surface area contributed by atoms with Gasteiger partial charge < -0.3 is 10.6 Å². The van der Waals surface area contributed by atoms with Crippen LogP contribution in [0, 0.1) is 0 Å². The molecule has 0 aliphatic rings. The maximum absolute atomic E-state index is 11.9. The second-order valence-corrected chi connectivity index (χ2v) is 5.06. The van der Waals surface area contributed by atoms with Crippen LogP contribution >= 0.6 is 23.2 Å². The summed E-state index contributed by atoms with van der Waals surface area (Å²) in [5.74, 6) is -0.750. The average Bonchev–Trinajstić information content (AvgIpc) is 2.46. The highest BCUT2D eigenvalue weighted by atomic mass is 35.5.